The molecule has 0 aromatic heterocycles. The number of nitrogens with zero attached hydrogens (tertiary/aromatic N) is 1. The SMILES string of the molecule is COc1c(O)ccc(CN2CCNCC2)c1OC.Cl.Cl. The molecule has 1 aromatic carbocycles. The van der Waals surface area contributed by atoms with Crippen LogP contribution in [0.1, 0.15) is 5.56 Å². The summed E-state index contributed by atoms with van der Waals surface area (Å²) in [6, 6.07) is 3.54. The van der Waals surface area contributed by atoms with Gasteiger partial charge in [-0.3, -0.25) is 4.90 Å². The van der Waals surface area contributed by atoms with Crippen molar-refractivity contribution in [1.29, 1.82) is 0 Å². The lowest BCUT2D eigenvalue weighted by Crippen LogP contribution is -2.42. The Labute approximate surface area is 132 Å². The van der Waals surface area contributed by atoms with Crippen LogP contribution in [0.4, 0.5) is 0 Å². The summed E-state index contributed by atoms with van der Waals surface area (Å²) in [4.78, 5) is 2.35. The van der Waals surface area contributed by atoms with Gasteiger partial charge in [-0.1, -0.05) is 6.07 Å². The molecule has 1 aliphatic heterocycles. The molecule has 1 saturated heterocycles. The number of methoxy groups -OCH3 is 2. The number of ether oxygens (including phenoxy) is 2. The van der Waals surface area contributed by atoms with Crippen molar-refractivity contribution in [3.63, 3.8) is 0 Å². The molecule has 1 heterocycles. The lowest BCUT2D eigenvalue weighted by molar-refractivity contribution is 0.228. The van der Waals surface area contributed by atoms with E-state index in [9.17, 15) is 5.11 Å². The smallest absolute Gasteiger partial charge is 0.203 e. The van der Waals surface area contributed by atoms with Gasteiger partial charge in [0.15, 0.2) is 11.5 Å². The van der Waals surface area contributed by atoms with Crippen molar-refractivity contribution in [3.05, 3.63) is 17.7 Å². The van der Waals surface area contributed by atoms with E-state index < -0.39 is 0 Å². The van der Waals surface area contributed by atoms with Gasteiger partial charge < -0.3 is 19.9 Å². The number of aromatic hydroxyl groups is 1. The van der Waals surface area contributed by atoms with Gasteiger partial charge in [0.2, 0.25) is 5.75 Å². The number of rotatable bonds is 4. The first kappa shape index (κ1) is 19.1. The third-order valence-corrected chi connectivity index (χ3v) is 3.18. The van der Waals surface area contributed by atoms with Crippen LogP contribution in [0.2, 0.25) is 0 Å². The molecule has 0 aliphatic carbocycles. The third-order valence-electron chi connectivity index (χ3n) is 3.18. The quantitative estimate of drug-likeness (QED) is 0.882. The summed E-state index contributed by atoms with van der Waals surface area (Å²) in [5.41, 5.74) is 1.04. The fourth-order valence-electron chi connectivity index (χ4n) is 2.25. The monoisotopic (exact) mass is 324 g/mol. The van der Waals surface area contributed by atoms with Gasteiger partial charge in [0, 0.05) is 38.3 Å². The third kappa shape index (κ3) is 4.31. The molecule has 0 spiro atoms. The summed E-state index contributed by atoms with van der Waals surface area (Å²) < 4.78 is 10.6. The van der Waals surface area contributed by atoms with Gasteiger partial charge in [0.25, 0.3) is 0 Å². The number of phenolic OH excluding ortho intramolecular Hbond substituents is 1. The number of phenols is 1. The highest BCUT2D eigenvalue weighted by Gasteiger charge is 2.17. The summed E-state index contributed by atoms with van der Waals surface area (Å²) in [6.45, 7) is 4.87. The molecule has 0 bridgehead atoms. The average Bonchev–Trinajstić information content (AvgIpc) is 2.41. The number of benzene rings is 1. The molecule has 0 saturated carbocycles. The Hall–Kier alpha value is -0.880. The molecule has 20 heavy (non-hydrogen) atoms. The van der Waals surface area contributed by atoms with Crippen LogP contribution in [0, 0.1) is 0 Å². The van der Waals surface area contributed by atoms with Crippen LogP contribution in [-0.4, -0.2) is 50.4 Å². The second-order valence-corrected chi connectivity index (χ2v) is 4.34. The Morgan fingerprint density at radius 3 is 2.25 bits per heavy atom. The maximum absolute atomic E-state index is 9.72. The minimum atomic E-state index is 0. The van der Waals surface area contributed by atoms with Gasteiger partial charge in [-0.15, -0.1) is 24.8 Å². The lowest BCUT2D eigenvalue weighted by Gasteiger charge is -2.28. The van der Waals surface area contributed by atoms with E-state index in [0.717, 1.165) is 38.3 Å². The molecular formula is C13H22Cl2N2O3. The van der Waals surface area contributed by atoms with Crippen molar-refractivity contribution in [2.75, 3.05) is 40.4 Å². The molecular weight excluding hydrogens is 303 g/mol. The van der Waals surface area contributed by atoms with E-state index in [4.69, 9.17) is 9.47 Å². The highest BCUT2D eigenvalue weighted by atomic mass is 35.5. The maximum atomic E-state index is 9.72. The average molecular weight is 325 g/mol. The highest BCUT2D eigenvalue weighted by Crippen LogP contribution is 2.39. The Bertz CT molecular complexity index is 413. The van der Waals surface area contributed by atoms with Gasteiger partial charge in [0.05, 0.1) is 14.2 Å². The Morgan fingerprint density at radius 1 is 1.10 bits per heavy atom. The van der Waals surface area contributed by atoms with Crippen molar-refractivity contribution in [2.24, 2.45) is 0 Å². The molecule has 1 fully saturated rings. The van der Waals surface area contributed by atoms with Gasteiger partial charge in [-0.2, -0.15) is 0 Å². The molecule has 0 amide bonds. The van der Waals surface area contributed by atoms with Gasteiger partial charge in [-0.05, 0) is 6.07 Å². The second-order valence-electron chi connectivity index (χ2n) is 4.34. The van der Waals surface area contributed by atoms with Crippen molar-refractivity contribution < 1.29 is 14.6 Å². The first-order valence-electron chi connectivity index (χ1n) is 6.12. The normalized spacial score (nSPS) is 14.9. The first-order valence-corrected chi connectivity index (χ1v) is 6.12. The van der Waals surface area contributed by atoms with Gasteiger partial charge >= 0.3 is 0 Å². The fourth-order valence-corrected chi connectivity index (χ4v) is 2.25. The Morgan fingerprint density at radius 2 is 1.70 bits per heavy atom. The van der Waals surface area contributed by atoms with Crippen LogP contribution < -0.4 is 14.8 Å². The molecule has 2 N–H and O–H groups in total. The minimum Gasteiger partial charge on any atom is -0.504 e. The topological polar surface area (TPSA) is 54.0 Å². The van der Waals surface area contributed by atoms with Crippen LogP contribution >= 0.6 is 24.8 Å². The van der Waals surface area contributed by atoms with E-state index in [-0.39, 0.29) is 30.6 Å². The van der Waals surface area contributed by atoms with Crippen LogP contribution in [0.3, 0.4) is 0 Å². The van der Waals surface area contributed by atoms with Gasteiger partial charge in [0.1, 0.15) is 0 Å². The number of piperazine rings is 1. The highest BCUT2D eigenvalue weighted by molar-refractivity contribution is 5.85. The number of hydrogen-bond donors (Lipinski definition) is 2. The molecule has 0 radical (unpaired) electrons. The summed E-state index contributed by atoms with van der Waals surface area (Å²) in [7, 11) is 3.13. The predicted octanol–water partition coefficient (Wildman–Crippen LogP) is 1.66. The van der Waals surface area contributed by atoms with Crippen LogP contribution in [0.5, 0.6) is 17.2 Å². The summed E-state index contributed by atoms with van der Waals surface area (Å²) in [6.07, 6.45) is 0. The van der Waals surface area contributed by atoms with Crippen LogP contribution in [0.15, 0.2) is 12.1 Å². The van der Waals surface area contributed by atoms with Crippen LogP contribution in [0.25, 0.3) is 0 Å². The van der Waals surface area contributed by atoms with Crippen molar-refractivity contribution in [2.45, 2.75) is 6.54 Å². The molecule has 0 unspecified atom stereocenters. The fraction of sp³-hybridized carbons (Fsp3) is 0.538. The summed E-state index contributed by atoms with van der Waals surface area (Å²) >= 11 is 0. The van der Waals surface area contributed by atoms with Gasteiger partial charge in [-0.25, -0.2) is 0 Å². The molecule has 7 heteroatoms. The van der Waals surface area contributed by atoms with E-state index >= 15 is 0 Å². The zero-order valence-corrected chi connectivity index (χ0v) is 13.4. The largest absolute Gasteiger partial charge is 0.504 e. The molecule has 0 atom stereocenters. The summed E-state index contributed by atoms with van der Waals surface area (Å²) in [5, 5.41) is 13.0. The number of halogens is 2. The Kier molecular flexibility index (Phi) is 8.73. The molecule has 1 aliphatic rings. The molecule has 116 valence electrons. The van der Waals surface area contributed by atoms with Crippen molar-refractivity contribution in [1.82, 2.24) is 10.2 Å². The lowest BCUT2D eigenvalue weighted by atomic mass is 10.1. The van der Waals surface area contributed by atoms with E-state index in [1.807, 2.05) is 6.07 Å². The van der Waals surface area contributed by atoms with E-state index in [2.05, 4.69) is 10.2 Å². The molecule has 2 rings (SSSR count). The molecule has 1 aromatic rings. The van der Waals surface area contributed by atoms with E-state index in [1.165, 1.54) is 7.11 Å². The maximum Gasteiger partial charge on any atom is 0.203 e. The van der Waals surface area contributed by atoms with E-state index in [0.29, 0.717) is 11.5 Å². The first-order chi connectivity index (χ1) is 8.76. The van der Waals surface area contributed by atoms with Crippen molar-refractivity contribution in [3.8, 4) is 17.2 Å². The van der Waals surface area contributed by atoms with Crippen molar-refractivity contribution >= 4 is 24.8 Å². The second kappa shape index (κ2) is 9.13. The standard InChI is InChI=1S/C13H20N2O3.2ClH/c1-17-12-10(3-4-11(16)13(12)18-2)9-15-7-5-14-6-8-15;;/h3-4,14,16H,5-9H2,1-2H3;2*1H. The minimum absolute atomic E-state index is 0. The zero-order valence-electron chi connectivity index (χ0n) is 11.7. The number of hydrogen-bond acceptors (Lipinski definition) is 5. The summed E-state index contributed by atoms with van der Waals surface area (Å²) in [5.74, 6) is 1.14. The number of nitrogens with one attached hydrogen (secondary N) is 1. The molecule has 5 nitrogen and oxygen atoms in total. The predicted molar refractivity (Wildman–Crippen MR) is 83.9 cm³/mol. The zero-order chi connectivity index (χ0) is 13.0. The van der Waals surface area contributed by atoms with Crippen LogP contribution in [-0.2, 0) is 6.54 Å². The van der Waals surface area contributed by atoms with E-state index in [1.54, 1.807) is 13.2 Å². The Balaban J connectivity index is 0.00000180.